The molecule has 3 aromatic rings. The first kappa shape index (κ1) is 19.2. The molecule has 0 bridgehead atoms. The van der Waals surface area contributed by atoms with E-state index < -0.39 is 5.97 Å². The summed E-state index contributed by atoms with van der Waals surface area (Å²) < 4.78 is 0. The van der Waals surface area contributed by atoms with Gasteiger partial charge >= 0.3 is 5.97 Å². The van der Waals surface area contributed by atoms with Gasteiger partial charge in [-0.1, -0.05) is 71.7 Å². The topological polar surface area (TPSA) is 54.4 Å². The summed E-state index contributed by atoms with van der Waals surface area (Å²) in [5, 5.41) is 10.4. The predicted molar refractivity (Wildman–Crippen MR) is 108 cm³/mol. The SMILES string of the molecule is O=C(Cc1ccc(Cl)c(Cl)c1)Cc1ccc(-c2ccccc2)cc1C(=O)O. The molecular formula is C22H16Cl2O3. The lowest BCUT2D eigenvalue weighted by Crippen LogP contribution is -2.11. The van der Waals surface area contributed by atoms with Crippen LogP contribution in [0.25, 0.3) is 11.1 Å². The van der Waals surface area contributed by atoms with Crippen LogP contribution >= 0.6 is 23.2 Å². The molecule has 0 atom stereocenters. The molecule has 3 rings (SSSR count). The zero-order valence-corrected chi connectivity index (χ0v) is 15.8. The molecule has 0 amide bonds. The van der Waals surface area contributed by atoms with Crippen LogP contribution in [0.4, 0.5) is 0 Å². The Morgan fingerprint density at radius 3 is 2.19 bits per heavy atom. The maximum absolute atomic E-state index is 12.4. The van der Waals surface area contributed by atoms with Gasteiger partial charge < -0.3 is 5.11 Å². The Hall–Kier alpha value is -2.62. The van der Waals surface area contributed by atoms with Crippen molar-refractivity contribution in [2.75, 3.05) is 0 Å². The third kappa shape index (κ3) is 4.76. The molecular weight excluding hydrogens is 383 g/mol. The molecule has 3 nitrogen and oxygen atoms in total. The van der Waals surface area contributed by atoms with Gasteiger partial charge in [0.2, 0.25) is 0 Å². The minimum absolute atomic E-state index is 0.0386. The van der Waals surface area contributed by atoms with Crippen molar-refractivity contribution in [3.8, 4) is 11.1 Å². The number of hydrogen-bond acceptors (Lipinski definition) is 2. The Balaban J connectivity index is 1.82. The van der Waals surface area contributed by atoms with E-state index in [2.05, 4.69) is 0 Å². The number of carboxylic acid groups (broad SMARTS) is 1. The summed E-state index contributed by atoms with van der Waals surface area (Å²) in [4.78, 5) is 24.1. The highest BCUT2D eigenvalue weighted by Gasteiger charge is 2.15. The van der Waals surface area contributed by atoms with Gasteiger partial charge in [0.25, 0.3) is 0 Å². The lowest BCUT2D eigenvalue weighted by molar-refractivity contribution is -0.117. The molecule has 0 heterocycles. The van der Waals surface area contributed by atoms with Crippen molar-refractivity contribution in [1.82, 2.24) is 0 Å². The maximum Gasteiger partial charge on any atom is 0.335 e. The second kappa shape index (κ2) is 8.38. The number of carboxylic acids is 1. The summed E-state index contributed by atoms with van der Waals surface area (Å²) in [7, 11) is 0. The molecule has 0 fully saturated rings. The van der Waals surface area contributed by atoms with Crippen molar-refractivity contribution >= 4 is 35.0 Å². The predicted octanol–water partition coefficient (Wildman–Crippen LogP) is 5.71. The number of halogens is 2. The minimum Gasteiger partial charge on any atom is -0.478 e. The molecule has 0 saturated heterocycles. The van der Waals surface area contributed by atoms with Crippen LogP contribution in [-0.4, -0.2) is 16.9 Å². The van der Waals surface area contributed by atoms with Crippen LogP contribution in [0.15, 0.2) is 66.7 Å². The molecule has 0 radical (unpaired) electrons. The Kier molecular flexibility index (Phi) is 5.94. The summed E-state index contributed by atoms with van der Waals surface area (Å²) in [6.45, 7) is 0. The van der Waals surface area contributed by atoms with Crippen LogP contribution < -0.4 is 0 Å². The first-order valence-electron chi connectivity index (χ1n) is 8.31. The molecule has 136 valence electrons. The van der Waals surface area contributed by atoms with E-state index >= 15 is 0 Å². The quantitative estimate of drug-likeness (QED) is 0.578. The molecule has 0 spiro atoms. The van der Waals surface area contributed by atoms with Crippen LogP contribution in [0.1, 0.15) is 21.5 Å². The fourth-order valence-corrected chi connectivity index (χ4v) is 3.21. The van der Waals surface area contributed by atoms with E-state index in [4.69, 9.17) is 23.2 Å². The average molecular weight is 399 g/mol. The molecule has 1 N–H and O–H groups in total. The number of ketones is 1. The third-order valence-electron chi connectivity index (χ3n) is 4.22. The fourth-order valence-electron chi connectivity index (χ4n) is 2.89. The van der Waals surface area contributed by atoms with Crippen molar-refractivity contribution in [1.29, 1.82) is 0 Å². The fraction of sp³-hybridized carbons (Fsp3) is 0.0909. The maximum atomic E-state index is 12.4. The third-order valence-corrected chi connectivity index (χ3v) is 4.96. The summed E-state index contributed by atoms with van der Waals surface area (Å²) >= 11 is 11.9. The van der Waals surface area contributed by atoms with Gasteiger partial charge in [0.05, 0.1) is 15.6 Å². The molecule has 0 aliphatic carbocycles. The number of aromatic carboxylic acids is 1. The monoisotopic (exact) mass is 398 g/mol. The van der Waals surface area contributed by atoms with Gasteiger partial charge in [-0.3, -0.25) is 4.79 Å². The molecule has 0 aliphatic rings. The summed E-state index contributed by atoms with van der Waals surface area (Å²) in [6, 6.07) is 19.7. The van der Waals surface area contributed by atoms with Crippen molar-refractivity contribution in [3.63, 3.8) is 0 Å². The normalized spacial score (nSPS) is 10.6. The number of benzene rings is 3. The van der Waals surface area contributed by atoms with E-state index in [0.717, 1.165) is 16.7 Å². The molecule has 0 saturated carbocycles. The summed E-state index contributed by atoms with van der Waals surface area (Å²) in [5.41, 5.74) is 3.10. The first-order chi connectivity index (χ1) is 12.9. The van der Waals surface area contributed by atoms with E-state index in [1.165, 1.54) is 0 Å². The van der Waals surface area contributed by atoms with Crippen LogP contribution in [0.2, 0.25) is 10.0 Å². The highest BCUT2D eigenvalue weighted by atomic mass is 35.5. The number of Topliss-reactive ketones (excluding diaryl/α,β-unsaturated/α-hetero) is 1. The zero-order valence-electron chi connectivity index (χ0n) is 14.3. The van der Waals surface area contributed by atoms with Crippen molar-refractivity contribution in [3.05, 3.63) is 93.5 Å². The van der Waals surface area contributed by atoms with E-state index in [1.54, 1.807) is 30.3 Å². The van der Waals surface area contributed by atoms with Gasteiger partial charge in [0.15, 0.2) is 0 Å². The molecule has 0 unspecified atom stereocenters. The highest BCUT2D eigenvalue weighted by Crippen LogP contribution is 2.25. The van der Waals surface area contributed by atoms with Gasteiger partial charge in [-0.2, -0.15) is 0 Å². The van der Waals surface area contributed by atoms with Crippen molar-refractivity contribution in [2.24, 2.45) is 0 Å². The average Bonchev–Trinajstić information content (AvgIpc) is 2.65. The smallest absolute Gasteiger partial charge is 0.335 e. The lowest BCUT2D eigenvalue weighted by Gasteiger charge is -2.09. The summed E-state index contributed by atoms with van der Waals surface area (Å²) in [5.74, 6) is -1.14. The number of carbonyl (C=O) groups excluding carboxylic acids is 1. The van der Waals surface area contributed by atoms with E-state index in [0.29, 0.717) is 15.6 Å². The Morgan fingerprint density at radius 2 is 1.52 bits per heavy atom. The van der Waals surface area contributed by atoms with Gasteiger partial charge in [-0.05, 0) is 40.5 Å². The van der Waals surface area contributed by atoms with Crippen LogP contribution in [0.5, 0.6) is 0 Å². The van der Waals surface area contributed by atoms with Crippen LogP contribution in [0, 0.1) is 0 Å². The Morgan fingerprint density at radius 1 is 0.778 bits per heavy atom. The number of hydrogen-bond donors (Lipinski definition) is 1. The van der Waals surface area contributed by atoms with Gasteiger partial charge in [0, 0.05) is 12.8 Å². The van der Waals surface area contributed by atoms with Gasteiger partial charge in [-0.25, -0.2) is 4.79 Å². The largest absolute Gasteiger partial charge is 0.478 e. The number of carbonyl (C=O) groups is 2. The molecule has 27 heavy (non-hydrogen) atoms. The number of rotatable bonds is 6. The van der Waals surface area contributed by atoms with E-state index in [9.17, 15) is 14.7 Å². The van der Waals surface area contributed by atoms with Crippen LogP contribution in [-0.2, 0) is 17.6 Å². The Bertz CT molecular complexity index is 998. The van der Waals surface area contributed by atoms with Crippen LogP contribution in [0.3, 0.4) is 0 Å². The zero-order chi connectivity index (χ0) is 19.4. The van der Waals surface area contributed by atoms with E-state index in [-0.39, 0.29) is 24.2 Å². The molecule has 0 aromatic heterocycles. The molecule has 5 heteroatoms. The minimum atomic E-state index is -1.05. The second-order valence-corrected chi connectivity index (χ2v) is 7.00. The van der Waals surface area contributed by atoms with Crippen molar-refractivity contribution < 1.29 is 14.7 Å². The van der Waals surface area contributed by atoms with Gasteiger partial charge in [-0.15, -0.1) is 0 Å². The molecule has 0 aliphatic heterocycles. The summed E-state index contributed by atoms with van der Waals surface area (Å²) in [6.07, 6.45) is 0.202. The Labute approximate surface area is 167 Å². The lowest BCUT2D eigenvalue weighted by atomic mass is 9.95. The van der Waals surface area contributed by atoms with Gasteiger partial charge in [0.1, 0.15) is 5.78 Å². The first-order valence-corrected chi connectivity index (χ1v) is 9.07. The van der Waals surface area contributed by atoms with Crippen molar-refractivity contribution in [2.45, 2.75) is 12.8 Å². The molecule has 3 aromatic carbocycles. The standard InChI is InChI=1S/C22H16Cl2O3/c23-20-9-6-14(11-21(20)24)10-18(25)12-17-8-7-16(13-19(17)22(26)27)15-4-2-1-3-5-15/h1-9,11,13H,10,12H2,(H,26,27). The highest BCUT2D eigenvalue weighted by molar-refractivity contribution is 6.42. The van der Waals surface area contributed by atoms with E-state index in [1.807, 2.05) is 36.4 Å². The second-order valence-electron chi connectivity index (χ2n) is 6.18.